The summed E-state index contributed by atoms with van der Waals surface area (Å²) in [4.78, 5) is 0. The molecule has 0 nitrogen and oxygen atoms in total. The van der Waals surface area contributed by atoms with E-state index in [4.69, 9.17) is 38.8 Å². The monoisotopic (exact) mass is 560 g/mol. The van der Waals surface area contributed by atoms with E-state index in [2.05, 4.69) is 48.6 Å². The zero-order valence-corrected chi connectivity index (χ0v) is 19.0. The molecule has 0 fully saturated rings. The van der Waals surface area contributed by atoms with E-state index in [0.717, 1.165) is 0 Å². The molecule has 2 aliphatic carbocycles. The van der Waals surface area contributed by atoms with Gasteiger partial charge in [0.05, 0.1) is 0 Å². The summed E-state index contributed by atoms with van der Waals surface area (Å²) in [6.45, 7) is 0. The molecule has 0 saturated carbocycles. The third-order valence-corrected chi connectivity index (χ3v) is 2.67. The quantitative estimate of drug-likeness (QED) is 0.208. The predicted octanol–water partition coefficient (Wildman–Crippen LogP) is 8.10. The number of hydrogen-bond donors (Lipinski definition) is 0. The van der Waals surface area contributed by atoms with Gasteiger partial charge in [-0.15, -0.1) is 0 Å². The van der Waals surface area contributed by atoms with Gasteiger partial charge in [0.2, 0.25) is 0 Å². The van der Waals surface area contributed by atoms with Crippen LogP contribution in [0.4, 0.5) is 0 Å². The Hall–Kier alpha value is 1.37. The van der Waals surface area contributed by atoms with Crippen molar-refractivity contribution in [2.24, 2.45) is 0 Å². The Labute approximate surface area is 167 Å². The standard InChI is InChI=1S/2C8H12.4ClH.2Ru/c2*1-2-4-6-8-7-5-3-1;;;;;;/h2*1-2,7-8H,3-6H2;4*1H;;/q;;;;;;2*+2/p-4/b2*2-1-,8-7?;;;;;;. The molecule has 0 amide bonds. The third-order valence-electron chi connectivity index (χ3n) is 2.67. The molecule has 0 atom stereocenters. The van der Waals surface area contributed by atoms with Crippen LogP contribution >= 0.6 is 38.8 Å². The fraction of sp³-hybridized carbons (Fsp3) is 0.500. The molecule has 0 aromatic rings. The van der Waals surface area contributed by atoms with Crippen LogP contribution in [-0.4, -0.2) is 0 Å². The van der Waals surface area contributed by atoms with E-state index < -0.39 is 0 Å². The first kappa shape index (κ1) is 25.6. The molecule has 0 N–H and O–H groups in total. The molecular formula is C16H24Cl4Ru2. The summed E-state index contributed by atoms with van der Waals surface area (Å²) in [6.07, 6.45) is 28.0. The molecule has 2 rings (SSSR count). The molecule has 22 heavy (non-hydrogen) atoms. The van der Waals surface area contributed by atoms with Crippen LogP contribution in [0.5, 0.6) is 0 Å². The fourth-order valence-electron chi connectivity index (χ4n) is 1.71. The van der Waals surface area contributed by atoms with Crippen molar-refractivity contribution in [3.63, 3.8) is 0 Å². The predicted molar refractivity (Wildman–Crippen MR) is 96.9 cm³/mol. The first-order valence-electron chi connectivity index (χ1n) is 7.13. The van der Waals surface area contributed by atoms with Crippen LogP contribution in [0.2, 0.25) is 0 Å². The normalized spacial score (nSPS) is 19.5. The molecule has 0 saturated heterocycles. The first-order chi connectivity index (χ1) is 10.8. The molecule has 0 aromatic carbocycles. The van der Waals surface area contributed by atoms with Gasteiger partial charge < -0.3 is 0 Å². The van der Waals surface area contributed by atoms with E-state index in [-0.39, 0.29) is 30.3 Å². The first-order valence-corrected chi connectivity index (χ1v) is 16.1. The van der Waals surface area contributed by atoms with Gasteiger partial charge in [-0.2, -0.15) is 0 Å². The van der Waals surface area contributed by atoms with Crippen LogP contribution in [0.15, 0.2) is 48.6 Å². The molecule has 0 spiro atoms. The van der Waals surface area contributed by atoms with Crippen LogP contribution in [0.25, 0.3) is 0 Å². The Kier molecular flexibility index (Phi) is 31.7. The zero-order chi connectivity index (χ0) is 16.7. The van der Waals surface area contributed by atoms with Crippen LogP contribution < -0.4 is 0 Å². The van der Waals surface area contributed by atoms with Crippen molar-refractivity contribution >= 4 is 38.8 Å². The Morgan fingerprint density at radius 1 is 0.364 bits per heavy atom. The van der Waals surface area contributed by atoms with E-state index >= 15 is 0 Å². The number of rotatable bonds is 0. The van der Waals surface area contributed by atoms with Crippen LogP contribution in [0, 0.1) is 0 Å². The van der Waals surface area contributed by atoms with Gasteiger partial charge >= 0.3 is 69.1 Å². The van der Waals surface area contributed by atoms with Gasteiger partial charge in [-0.05, 0) is 51.4 Å². The summed E-state index contributed by atoms with van der Waals surface area (Å²) in [5.74, 6) is 0. The third kappa shape index (κ3) is 29.4. The Bertz CT molecular complexity index is 221. The molecule has 132 valence electrons. The topological polar surface area (TPSA) is 0 Å². The summed E-state index contributed by atoms with van der Waals surface area (Å²) in [7, 11) is 19.4. The average molecular weight is 560 g/mol. The van der Waals surface area contributed by atoms with E-state index in [1.54, 1.807) is 0 Å². The van der Waals surface area contributed by atoms with Gasteiger partial charge in [0.1, 0.15) is 0 Å². The van der Waals surface area contributed by atoms with Gasteiger partial charge in [-0.1, -0.05) is 48.6 Å². The SMILES string of the molecule is C1=CCC/C=C\CC1.C1=CCC/C=C\CC1.[Cl][Ru][Cl].[Cl][Ru][Cl]. The molecule has 0 aromatic heterocycles. The summed E-state index contributed by atoms with van der Waals surface area (Å²) in [6, 6.07) is 0. The summed E-state index contributed by atoms with van der Waals surface area (Å²) in [5.41, 5.74) is 0. The van der Waals surface area contributed by atoms with Crippen molar-refractivity contribution in [3.8, 4) is 0 Å². The van der Waals surface area contributed by atoms with Crippen LogP contribution in [0.3, 0.4) is 0 Å². The number of halogens is 4. The van der Waals surface area contributed by atoms with E-state index in [0.29, 0.717) is 0 Å². The van der Waals surface area contributed by atoms with Gasteiger partial charge in [0.15, 0.2) is 0 Å². The molecule has 0 unspecified atom stereocenters. The van der Waals surface area contributed by atoms with Crippen LogP contribution in [-0.2, 0) is 30.3 Å². The van der Waals surface area contributed by atoms with Gasteiger partial charge in [0.25, 0.3) is 0 Å². The molecule has 0 radical (unpaired) electrons. The molecule has 0 bridgehead atoms. The van der Waals surface area contributed by atoms with Gasteiger partial charge in [0, 0.05) is 0 Å². The zero-order valence-electron chi connectivity index (χ0n) is 12.5. The number of allylic oxidation sites excluding steroid dienone is 8. The Morgan fingerprint density at radius 3 is 0.545 bits per heavy atom. The molecule has 0 aliphatic heterocycles. The van der Waals surface area contributed by atoms with Crippen molar-refractivity contribution in [2.45, 2.75) is 51.4 Å². The Morgan fingerprint density at radius 2 is 0.455 bits per heavy atom. The van der Waals surface area contributed by atoms with Gasteiger partial charge in [-0.3, -0.25) is 0 Å². The fourth-order valence-corrected chi connectivity index (χ4v) is 1.71. The van der Waals surface area contributed by atoms with Crippen molar-refractivity contribution < 1.29 is 30.3 Å². The second-order valence-corrected chi connectivity index (χ2v) is 9.57. The minimum absolute atomic E-state index is 0.346. The summed E-state index contributed by atoms with van der Waals surface area (Å²) < 4.78 is 0. The van der Waals surface area contributed by atoms with E-state index in [1.807, 2.05) is 0 Å². The number of hydrogen-bond acceptors (Lipinski definition) is 0. The molecule has 0 heterocycles. The maximum absolute atomic E-state index is 4.85. The van der Waals surface area contributed by atoms with Crippen molar-refractivity contribution in [2.75, 3.05) is 0 Å². The molecule has 6 heteroatoms. The van der Waals surface area contributed by atoms with Crippen LogP contribution in [0.1, 0.15) is 51.4 Å². The average Bonchev–Trinajstić information content (AvgIpc) is 2.39. The van der Waals surface area contributed by atoms with Crippen molar-refractivity contribution in [1.82, 2.24) is 0 Å². The molecular weight excluding hydrogens is 536 g/mol. The maximum atomic E-state index is 4.85. The molecule has 2 aliphatic rings. The van der Waals surface area contributed by atoms with E-state index in [1.165, 1.54) is 51.4 Å². The van der Waals surface area contributed by atoms with Gasteiger partial charge in [-0.25, -0.2) is 0 Å². The summed E-state index contributed by atoms with van der Waals surface area (Å²) >= 11 is -0.691. The summed E-state index contributed by atoms with van der Waals surface area (Å²) in [5, 5.41) is 0. The van der Waals surface area contributed by atoms with E-state index in [9.17, 15) is 0 Å². The second kappa shape index (κ2) is 27.2. The Balaban J connectivity index is 0. The second-order valence-electron chi connectivity index (χ2n) is 4.30. The van der Waals surface area contributed by atoms with Crippen molar-refractivity contribution in [1.29, 1.82) is 0 Å². The minimum atomic E-state index is -0.346. The van der Waals surface area contributed by atoms with Crippen molar-refractivity contribution in [3.05, 3.63) is 48.6 Å².